The molecule has 1 atom stereocenters. The van der Waals surface area contributed by atoms with Crippen molar-refractivity contribution in [1.29, 1.82) is 0 Å². The van der Waals surface area contributed by atoms with Crippen molar-refractivity contribution in [2.45, 2.75) is 40.0 Å². The maximum Gasteiger partial charge on any atom is 0.320 e. The molecule has 2 fully saturated rings. The number of amides is 2. The Hall–Kier alpha value is -0.730. The molecular formula is C13H24N2O. The van der Waals surface area contributed by atoms with E-state index in [2.05, 4.69) is 25.7 Å². The van der Waals surface area contributed by atoms with Gasteiger partial charge in [0.1, 0.15) is 0 Å². The van der Waals surface area contributed by atoms with Crippen molar-refractivity contribution >= 4 is 6.03 Å². The Bertz CT molecular complexity index is 266. The van der Waals surface area contributed by atoms with Gasteiger partial charge in [0.25, 0.3) is 0 Å². The van der Waals surface area contributed by atoms with Crippen LogP contribution < -0.4 is 0 Å². The Morgan fingerprint density at radius 2 is 1.88 bits per heavy atom. The molecule has 0 radical (unpaired) electrons. The van der Waals surface area contributed by atoms with Gasteiger partial charge in [0.2, 0.25) is 0 Å². The van der Waals surface area contributed by atoms with Crippen LogP contribution in [-0.2, 0) is 0 Å². The third kappa shape index (κ3) is 2.69. The number of likely N-dealkylation sites (tertiary alicyclic amines) is 2. The van der Waals surface area contributed by atoms with Gasteiger partial charge in [0.05, 0.1) is 0 Å². The molecule has 0 aromatic heterocycles. The molecule has 0 bridgehead atoms. The highest BCUT2D eigenvalue weighted by Crippen LogP contribution is 2.30. The molecular weight excluding hydrogens is 200 g/mol. The lowest BCUT2D eigenvalue weighted by atomic mass is 9.84. The average Bonchev–Trinajstić information content (AvgIpc) is 2.45. The standard InChI is InChI=1S/C13H24N2O/c1-13(2,3)9-11-5-8-15(10-11)12(16)14-6-4-7-14/h11H,4-10H2,1-3H3. The van der Waals surface area contributed by atoms with Gasteiger partial charge in [0.15, 0.2) is 0 Å². The molecule has 0 N–H and O–H groups in total. The fraction of sp³-hybridized carbons (Fsp3) is 0.923. The van der Waals surface area contributed by atoms with Crippen molar-refractivity contribution in [2.24, 2.45) is 11.3 Å². The number of urea groups is 1. The quantitative estimate of drug-likeness (QED) is 0.671. The van der Waals surface area contributed by atoms with Gasteiger partial charge in [-0.1, -0.05) is 20.8 Å². The van der Waals surface area contributed by atoms with Gasteiger partial charge in [-0.25, -0.2) is 4.79 Å². The second-order valence-electron chi connectivity index (χ2n) is 6.49. The van der Waals surface area contributed by atoms with Crippen molar-refractivity contribution < 1.29 is 4.79 Å². The summed E-state index contributed by atoms with van der Waals surface area (Å²) in [5, 5.41) is 0. The number of nitrogens with zero attached hydrogens (tertiary/aromatic N) is 2. The first-order valence-electron chi connectivity index (χ1n) is 6.49. The second-order valence-corrected chi connectivity index (χ2v) is 6.49. The molecule has 16 heavy (non-hydrogen) atoms. The van der Waals surface area contributed by atoms with E-state index in [1.807, 2.05) is 4.90 Å². The summed E-state index contributed by atoms with van der Waals surface area (Å²) in [6, 6.07) is 0.280. The lowest BCUT2D eigenvalue weighted by Crippen LogP contribution is -2.49. The van der Waals surface area contributed by atoms with Crippen molar-refractivity contribution in [1.82, 2.24) is 9.80 Å². The molecule has 0 aromatic carbocycles. The minimum atomic E-state index is 0.280. The van der Waals surface area contributed by atoms with Crippen LogP contribution in [0.4, 0.5) is 4.79 Å². The summed E-state index contributed by atoms with van der Waals surface area (Å²) in [5.41, 5.74) is 0.389. The van der Waals surface area contributed by atoms with E-state index in [1.54, 1.807) is 0 Å². The van der Waals surface area contributed by atoms with E-state index in [4.69, 9.17) is 0 Å². The second kappa shape index (κ2) is 4.27. The first-order chi connectivity index (χ1) is 7.46. The Balaban J connectivity index is 1.81. The number of hydrogen-bond donors (Lipinski definition) is 0. The molecule has 1 unspecified atom stereocenters. The monoisotopic (exact) mass is 224 g/mol. The predicted molar refractivity (Wildman–Crippen MR) is 65.3 cm³/mol. The van der Waals surface area contributed by atoms with Gasteiger partial charge in [0, 0.05) is 26.2 Å². The first-order valence-corrected chi connectivity index (χ1v) is 6.49. The lowest BCUT2D eigenvalue weighted by Gasteiger charge is -2.34. The molecule has 0 saturated carbocycles. The van der Waals surface area contributed by atoms with Crippen LogP contribution >= 0.6 is 0 Å². The fourth-order valence-corrected chi connectivity index (χ4v) is 2.75. The van der Waals surface area contributed by atoms with Crippen LogP contribution in [0.1, 0.15) is 40.0 Å². The molecule has 3 nitrogen and oxygen atoms in total. The summed E-state index contributed by atoms with van der Waals surface area (Å²) in [7, 11) is 0. The highest BCUT2D eigenvalue weighted by atomic mass is 16.2. The Morgan fingerprint density at radius 1 is 1.19 bits per heavy atom. The average molecular weight is 224 g/mol. The summed E-state index contributed by atoms with van der Waals surface area (Å²) < 4.78 is 0. The minimum Gasteiger partial charge on any atom is -0.325 e. The molecule has 2 heterocycles. The first kappa shape index (κ1) is 11.7. The van der Waals surface area contributed by atoms with Gasteiger partial charge in [-0.05, 0) is 30.6 Å². The number of carbonyl (C=O) groups excluding carboxylic acids is 1. The van der Waals surface area contributed by atoms with E-state index >= 15 is 0 Å². The van der Waals surface area contributed by atoms with Gasteiger partial charge in [-0.15, -0.1) is 0 Å². The summed E-state index contributed by atoms with van der Waals surface area (Å²) >= 11 is 0. The van der Waals surface area contributed by atoms with E-state index in [-0.39, 0.29) is 6.03 Å². The van der Waals surface area contributed by atoms with Gasteiger partial charge in [-0.2, -0.15) is 0 Å². The van der Waals surface area contributed by atoms with Crippen molar-refractivity contribution in [3.63, 3.8) is 0 Å². The maximum absolute atomic E-state index is 12.0. The van der Waals surface area contributed by atoms with Crippen LogP contribution in [0.5, 0.6) is 0 Å². The predicted octanol–water partition coefficient (Wildman–Crippen LogP) is 2.57. The maximum atomic E-state index is 12.0. The van der Waals surface area contributed by atoms with Gasteiger partial charge in [-0.3, -0.25) is 0 Å². The Morgan fingerprint density at radius 3 is 2.38 bits per heavy atom. The van der Waals surface area contributed by atoms with E-state index in [0.717, 1.165) is 26.2 Å². The normalized spacial score (nSPS) is 25.8. The lowest BCUT2D eigenvalue weighted by molar-refractivity contribution is 0.132. The SMILES string of the molecule is CC(C)(C)CC1CCN(C(=O)N2CCC2)C1. The zero-order valence-corrected chi connectivity index (χ0v) is 10.8. The van der Waals surface area contributed by atoms with E-state index < -0.39 is 0 Å². The smallest absolute Gasteiger partial charge is 0.320 e. The molecule has 0 aliphatic carbocycles. The van der Waals surface area contributed by atoms with Crippen LogP contribution in [-0.4, -0.2) is 42.0 Å². The van der Waals surface area contributed by atoms with Crippen molar-refractivity contribution in [2.75, 3.05) is 26.2 Å². The highest BCUT2D eigenvalue weighted by molar-refractivity contribution is 5.75. The van der Waals surface area contributed by atoms with Crippen molar-refractivity contribution in [3.8, 4) is 0 Å². The molecule has 92 valence electrons. The molecule has 2 aliphatic rings. The highest BCUT2D eigenvalue weighted by Gasteiger charge is 2.32. The number of hydrogen-bond acceptors (Lipinski definition) is 1. The summed E-state index contributed by atoms with van der Waals surface area (Å²) in [4.78, 5) is 16.0. The van der Waals surface area contributed by atoms with Crippen LogP contribution in [0.25, 0.3) is 0 Å². The topological polar surface area (TPSA) is 23.6 Å². The zero-order chi connectivity index (χ0) is 11.8. The third-order valence-electron chi connectivity index (χ3n) is 3.58. The molecule has 2 aliphatic heterocycles. The van der Waals surface area contributed by atoms with Gasteiger partial charge >= 0.3 is 6.03 Å². The molecule has 2 amide bonds. The van der Waals surface area contributed by atoms with Crippen LogP contribution in [0.2, 0.25) is 0 Å². The fourth-order valence-electron chi connectivity index (χ4n) is 2.75. The number of rotatable bonds is 1. The van der Waals surface area contributed by atoms with E-state index in [9.17, 15) is 4.79 Å². The molecule has 2 saturated heterocycles. The summed E-state index contributed by atoms with van der Waals surface area (Å²) in [6.45, 7) is 10.7. The van der Waals surface area contributed by atoms with Crippen molar-refractivity contribution in [3.05, 3.63) is 0 Å². The van der Waals surface area contributed by atoms with E-state index in [1.165, 1.54) is 19.3 Å². The minimum absolute atomic E-state index is 0.280. The summed E-state index contributed by atoms with van der Waals surface area (Å²) in [6.07, 6.45) is 3.61. The molecule has 2 rings (SSSR count). The van der Waals surface area contributed by atoms with Crippen LogP contribution in [0.3, 0.4) is 0 Å². The van der Waals surface area contributed by atoms with Gasteiger partial charge < -0.3 is 9.80 Å². The van der Waals surface area contributed by atoms with Crippen LogP contribution in [0.15, 0.2) is 0 Å². The summed E-state index contributed by atoms with van der Waals surface area (Å²) in [5.74, 6) is 0.713. The Kier molecular flexibility index (Phi) is 3.13. The Labute approximate surface area is 98.8 Å². The largest absolute Gasteiger partial charge is 0.325 e. The molecule has 0 aromatic rings. The molecule has 3 heteroatoms. The zero-order valence-electron chi connectivity index (χ0n) is 10.8. The molecule has 0 spiro atoms. The third-order valence-corrected chi connectivity index (χ3v) is 3.58. The number of carbonyl (C=O) groups is 1. The van der Waals surface area contributed by atoms with Crippen LogP contribution in [0, 0.1) is 11.3 Å². The van der Waals surface area contributed by atoms with E-state index in [0.29, 0.717) is 11.3 Å².